The molecule has 0 saturated heterocycles. The molecule has 4 heteroatoms. The van der Waals surface area contributed by atoms with Gasteiger partial charge in [-0.1, -0.05) is 30.3 Å². The van der Waals surface area contributed by atoms with Gasteiger partial charge in [-0.2, -0.15) is 0 Å². The summed E-state index contributed by atoms with van der Waals surface area (Å²) in [6.07, 6.45) is 0. The first-order valence-corrected chi connectivity index (χ1v) is 7.81. The molecule has 0 aliphatic heterocycles. The molecule has 0 bridgehead atoms. The molecule has 3 rings (SSSR count). The van der Waals surface area contributed by atoms with Crippen LogP contribution in [0.1, 0.15) is 23.4 Å². The predicted molar refractivity (Wildman–Crippen MR) is 88.6 cm³/mol. The molecule has 0 aliphatic carbocycles. The van der Waals surface area contributed by atoms with E-state index in [9.17, 15) is 0 Å². The van der Waals surface area contributed by atoms with E-state index in [0.717, 1.165) is 11.3 Å². The molecule has 21 heavy (non-hydrogen) atoms. The minimum Gasteiger partial charge on any atom is -0.494 e. The second kappa shape index (κ2) is 6.26. The van der Waals surface area contributed by atoms with Crippen molar-refractivity contribution in [3.63, 3.8) is 0 Å². The molecule has 0 spiro atoms. The Morgan fingerprint density at radius 2 is 2.00 bits per heavy atom. The number of rotatable bonds is 5. The molecule has 0 radical (unpaired) electrons. The average Bonchev–Trinajstić information content (AvgIpc) is 2.92. The lowest BCUT2D eigenvalue weighted by atomic mass is 10.1. The summed E-state index contributed by atoms with van der Waals surface area (Å²) in [6, 6.07) is 18.6. The molecule has 3 aromatic rings. The Kier molecular flexibility index (Phi) is 4.20. The fourth-order valence-corrected chi connectivity index (χ4v) is 3.59. The molecular formula is C17H18N2OS. The Morgan fingerprint density at radius 3 is 2.76 bits per heavy atom. The fraction of sp³-hybridized carbons (Fsp3) is 0.176. The zero-order valence-electron chi connectivity index (χ0n) is 11.9. The van der Waals surface area contributed by atoms with E-state index < -0.39 is 0 Å². The van der Waals surface area contributed by atoms with Gasteiger partial charge in [-0.05, 0) is 42.1 Å². The number of hydrazine groups is 1. The van der Waals surface area contributed by atoms with Crippen LogP contribution in [0.5, 0.6) is 5.75 Å². The fourth-order valence-electron chi connectivity index (χ4n) is 2.44. The maximum atomic E-state index is 5.80. The van der Waals surface area contributed by atoms with Gasteiger partial charge >= 0.3 is 0 Å². The van der Waals surface area contributed by atoms with Gasteiger partial charge in [0.1, 0.15) is 5.75 Å². The Labute approximate surface area is 128 Å². The van der Waals surface area contributed by atoms with Gasteiger partial charge < -0.3 is 4.74 Å². The number of ether oxygens (including phenoxy) is 1. The van der Waals surface area contributed by atoms with Gasteiger partial charge in [0.25, 0.3) is 0 Å². The Hall–Kier alpha value is -1.88. The molecule has 1 aromatic heterocycles. The molecule has 0 amide bonds. The van der Waals surface area contributed by atoms with E-state index in [1.54, 1.807) is 11.3 Å². The molecule has 2 aromatic carbocycles. The van der Waals surface area contributed by atoms with Crippen LogP contribution in [0.4, 0.5) is 0 Å². The largest absolute Gasteiger partial charge is 0.494 e. The molecular weight excluding hydrogens is 280 g/mol. The van der Waals surface area contributed by atoms with E-state index in [4.69, 9.17) is 10.6 Å². The zero-order chi connectivity index (χ0) is 14.7. The minimum absolute atomic E-state index is 0.0252. The van der Waals surface area contributed by atoms with Crippen molar-refractivity contribution in [1.29, 1.82) is 0 Å². The van der Waals surface area contributed by atoms with Crippen molar-refractivity contribution in [1.82, 2.24) is 5.43 Å². The predicted octanol–water partition coefficient (Wildman–Crippen LogP) is 3.85. The Morgan fingerprint density at radius 1 is 1.14 bits per heavy atom. The number of nitrogens with one attached hydrogen (secondary N) is 1. The van der Waals surface area contributed by atoms with E-state index in [1.165, 1.54) is 15.0 Å². The molecule has 1 heterocycles. The third kappa shape index (κ3) is 2.93. The number of hydrogen-bond acceptors (Lipinski definition) is 4. The highest BCUT2D eigenvalue weighted by molar-refractivity contribution is 7.19. The normalized spacial score (nSPS) is 12.5. The first kappa shape index (κ1) is 14.1. The smallest absolute Gasteiger partial charge is 0.119 e. The van der Waals surface area contributed by atoms with Crippen LogP contribution in [-0.4, -0.2) is 6.61 Å². The second-order valence-corrected chi connectivity index (χ2v) is 5.91. The topological polar surface area (TPSA) is 47.3 Å². The van der Waals surface area contributed by atoms with Gasteiger partial charge in [-0.3, -0.25) is 5.84 Å². The van der Waals surface area contributed by atoms with Crippen LogP contribution >= 0.6 is 11.3 Å². The van der Waals surface area contributed by atoms with Crippen LogP contribution in [-0.2, 0) is 0 Å². The first-order valence-electron chi connectivity index (χ1n) is 6.99. The van der Waals surface area contributed by atoms with Gasteiger partial charge in [0.05, 0.1) is 12.6 Å². The highest BCUT2D eigenvalue weighted by Crippen LogP contribution is 2.33. The van der Waals surface area contributed by atoms with Crippen molar-refractivity contribution in [3.8, 4) is 5.75 Å². The summed E-state index contributed by atoms with van der Waals surface area (Å²) in [4.78, 5) is 1.20. The van der Waals surface area contributed by atoms with Crippen LogP contribution in [0, 0.1) is 0 Å². The molecule has 1 atom stereocenters. The number of fused-ring (bicyclic) bond motifs is 1. The first-order chi connectivity index (χ1) is 10.3. The number of nitrogens with two attached hydrogens (primary N) is 1. The maximum absolute atomic E-state index is 5.80. The van der Waals surface area contributed by atoms with Crippen LogP contribution in [0.3, 0.4) is 0 Å². The van der Waals surface area contributed by atoms with E-state index >= 15 is 0 Å². The number of benzene rings is 2. The van der Waals surface area contributed by atoms with Crippen LogP contribution in [0.15, 0.2) is 54.6 Å². The van der Waals surface area contributed by atoms with Gasteiger partial charge in [0, 0.05) is 9.58 Å². The summed E-state index contributed by atoms with van der Waals surface area (Å²) >= 11 is 1.76. The second-order valence-electron chi connectivity index (χ2n) is 4.79. The van der Waals surface area contributed by atoms with E-state index in [0.29, 0.717) is 6.61 Å². The van der Waals surface area contributed by atoms with E-state index in [2.05, 4.69) is 41.8 Å². The lowest BCUT2D eigenvalue weighted by molar-refractivity contribution is 0.339. The van der Waals surface area contributed by atoms with Gasteiger partial charge in [0.15, 0.2) is 0 Å². The van der Waals surface area contributed by atoms with Crippen molar-refractivity contribution >= 4 is 21.4 Å². The quantitative estimate of drug-likeness (QED) is 0.555. The molecule has 0 aliphatic rings. The average molecular weight is 298 g/mol. The monoisotopic (exact) mass is 298 g/mol. The molecule has 3 nitrogen and oxygen atoms in total. The molecule has 0 saturated carbocycles. The van der Waals surface area contributed by atoms with Crippen LogP contribution in [0.2, 0.25) is 0 Å². The summed E-state index contributed by atoms with van der Waals surface area (Å²) in [7, 11) is 0. The number of thiophene rings is 1. The third-order valence-electron chi connectivity index (χ3n) is 3.40. The number of hydrogen-bond donors (Lipinski definition) is 2. The summed E-state index contributed by atoms with van der Waals surface area (Å²) < 4.78 is 6.84. The zero-order valence-corrected chi connectivity index (χ0v) is 12.7. The van der Waals surface area contributed by atoms with E-state index in [-0.39, 0.29) is 6.04 Å². The lowest BCUT2D eigenvalue weighted by Crippen LogP contribution is -2.28. The van der Waals surface area contributed by atoms with Crippen molar-refractivity contribution in [3.05, 3.63) is 65.0 Å². The molecule has 3 N–H and O–H groups in total. The Bertz CT molecular complexity index is 705. The van der Waals surface area contributed by atoms with E-state index in [1.807, 2.05) is 25.1 Å². The summed E-state index contributed by atoms with van der Waals surface area (Å²) in [5, 5.41) is 1.25. The standard InChI is InChI=1S/C17H18N2OS/c1-2-20-14-8-5-7-13(10-14)17(19-18)16-11-12-6-3-4-9-15(12)21-16/h3-11,17,19H,2,18H2,1H3. The van der Waals surface area contributed by atoms with Gasteiger partial charge in [-0.15, -0.1) is 11.3 Å². The lowest BCUT2D eigenvalue weighted by Gasteiger charge is -2.15. The molecule has 108 valence electrons. The van der Waals surface area contributed by atoms with Crippen molar-refractivity contribution in [2.45, 2.75) is 13.0 Å². The summed E-state index contributed by atoms with van der Waals surface area (Å²) in [5.41, 5.74) is 4.03. The van der Waals surface area contributed by atoms with Crippen molar-refractivity contribution in [2.24, 2.45) is 5.84 Å². The van der Waals surface area contributed by atoms with Gasteiger partial charge in [-0.25, -0.2) is 5.43 Å². The molecule has 0 fully saturated rings. The van der Waals surface area contributed by atoms with Crippen molar-refractivity contribution in [2.75, 3.05) is 6.61 Å². The van der Waals surface area contributed by atoms with Crippen molar-refractivity contribution < 1.29 is 4.74 Å². The minimum atomic E-state index is -0.0252. The molecule has 1 unspecified atom stereocenters. The highest BCUT2D eigenvalue weighted by atomic mass is 32.1. The SMILES string of the molecule is CCOc1cccc(C(NN)c2cc3ccccc3s2)c1. The summed E-state index contributed by atoms with van der Waals surface area (Å²) in [5.74, 6) is 6.67. The maximum Gasteiger partial charge on any atom is 0.119 e. The third-order valence-corrected chi connectivity index (χ3v) is 4.58. The van der Waals surface area contributed by atoms with Gasteiger partial charge in [0.2, 0.25) is 0 Å². The van der Waals surface area contributed by atoms with Crippen LogP contribution in [0.25, 0.3) is 10.1 Å². The Balaban J connectivity index is 1.99. The highest BCUT2D eigenvalue weighted by Gasteiger charge is 2.16. The summed E-state index contributed by atoms with van der Waals surface area (Å²) in [6.45, 7) is 2.64. The van der Waals surface area contributed by atoms with Crippen LogP contribution < -0.4 is 16.0 Å².